The molecular formula is C12H28N2. The first-order valence-corrected chi connectivity index (χ1v) is 6.27. The minimum atomic E-state index is 0.599. The maximum absolute atomic E-state index is 3.57. The molecule has 0 aliphatic heterocycles. The van der Waals surface area contributed by atoms with Crippen molar-refractivity contribution in [1.29, 1.82) is 0 Å². The van der Waals surface area contributed by atoms with E-state index in [2.05, 4.69) is 37.9 Å². The Morgan fingerprint density at radius 3 is 2.07 bits per heavy atom. The highest BCUT2D eigenvalue weighted by Crippen LogP contribution is 2.07. The maximum atomic E-state index is 3.57. The first kappa shape index (κ1) is 13.9. The van der Waals surface area contributed by atoms with Crippen molar-refractivity contribution >= 4 is 0 Å². The van der Waals surface area contributed by atoms with Crippen LogP contribution >= 0.6 is 0 Å². The minimum absolute atomic E-state index is 0.599. The monoisotopic (exact) mass is 200 g/mol. The van der Waals surface area contributed by atoms with E-state index in [9.17, 15) is 0 Å². The van der Waals surface area contributed by atoms with Gasteiger partial charge in [-0.15, -0.1) is 0 Å². The predicted octanol–water partition coefficient (Wildman–Crippen LogP) is 2.84. The van der Waals surface area contributed by atoms with Gasteiger partial charge in [0.1, 0.15) is 0 Å². The molecule has 1 atom stereocenters. The largest absolute Gasteiger partial charge is 0.302 e. The average Bonchev–Trinajstić information content (AvgIpc) is 2.20. The first-order chi connectivity index (χ1) is 6.79. The lowest BCUT2D eigenvalue weighted by atomic mass is 10.1. The third kappa shape index (κ3) is 5.61. The Hall–Kier alpha value is -0.0800. The molecule has 0 bridgehead atoms. The first-order valence-electron chi connectivity index (χ1n) is 6.27. The molecule has 0 spiro atoms. The van der Waals surface area contributed by atoms with Crippen molar-refractivity contribution in [3.8, 4) is 0 Å². The van der Waals surface area contributed by atoms with Crippen LogP contribution in [0.1, 0.15) is 53.4 Å². The summed E-state index contributed by atoms with van der Waals surface area (Å²) in [5.74, 6) is 0. The van der Waals surface area contributed by atoms with Gasteiger partial charge in [0.15, 0.2) is 0 Å². The molecule has 14 heavy (non-hydrogen) atoms. The van der Waals surface area contributed by atoms with E-state index in [1.54, 1.807) is 0 Å². The topological polar surface area (TPSA) is 15.3 Å². The zero-order chi connectivity index (χ0) is 10.8. The van der Waals surface area contributed by atoms with Gasteiger partial charge in [0.25, 0.3) is 0 Å². The Morgan fingerprint density at radius 1 is 1.00 bits per heavy atom. The van der Waals surface area contributed by atoms with Gasteiger partial charge < -0.3 is 5.32 Å². The third-order valence-electron chi connectivity index (χ3n) is 2.77. The zero-order valence-corrected chi connectivity index (χ0v) is 10.5. The summed E-state index contributed by atoms with van der Waals surface area (Å²) in [4.78, 5) is 2.51. The summed E-state index contributed by atoms with van der Waals surface area (Å²) >= 11 is 0. The van der Waals surface area contributed by atoms with Crippen LogP contribution in [0.2, 0.25) is 0 Å². The highest BCUT2D eigenvalue weighted by Gasteiger charge is 2.12. The molecular weight excluding hydrogens is 172 g/mol. The van der Waals surface area contributed by atoms with Crippen LogP contribution in [0, 0.1) is 0 Å². The summed E-state index contributed by atoms with van der Waals surface area (Å²) in [6.45, 7) is 12.3. The second-order valence-corrected chi connectivity index (χ2v) is 3.79. The molecule has 1 N–H and O–H groups in total. The van der Waals surface area contributed by atoms with Gasteiger partial charge in [-0.3, -0.25) is 4.90 Å². The maximum Gasteiger partial charge on any atom is 0.0596 e. The number of unbranched alkanes of at least 4 members (excludes halogenated alkanes) is 2. The molecule has 0 saturated heterocycles. The van der Waals surface area contributed by atoms with Crippen molar-refractivity contribution in [2.24, 2.45) is 0 Å². The number of nitrogens with zero attached hydrogens (tertiary/aromatic N) is 1. The lowest BCUT2D eigenvalue weighted by Gasteiger charge is -2.30. The van der Waals surface area contributed by atoms with E-state index in [4.69, 9.17) is 0 Å². The van der Waals surface area contributed by atoms with Gasteiger partial charge >= 0.3 is 0 Å². The van der Waals surface area contributed by atoms with Gasteiger partial charge in [0, 0.05) is 0 Å². The van der Waals surface area contributed by atoms with E-state index in [0.717, 1.165) is 19.6 Å². The van der Waals surface area contributed by atoms with Gasteiger partial charge in [0.2, 0.25) is 0 Å². The van der Waals surface area contributed by atoms with Gasteiger partial charge in [0.05, 0.1) is 6.17 Å². The van der Waals surface area contributed by atoms with Gasteiger partial charge in [-0.25, -0.2) is 0 Å². The molecule has 2 nitrogen and oxygen atoms in total. The molecule has 0 aliphatic carbocycles. The number of nitrogens with one attached hydrogen (secondary N) is 1. The van der Waals surface area contributed by atoms with Crippen molar-refractivity contribution < 1.29 is 0 Å². The molecule has 86 valence electrons. The highest BCUT2D eigenvalue weighted by atomic mass is 15.3. The molecule has 0 fully saturated rings. The fourth-order valence-corrected chi connectivity index (χ4v) is 1.90. The van der Waals surface area contributed by atoms with Gasteiger partial charge in [-0.1, -0.05) is 47.0 Å². The van der Waals surface area contributed by atoms with Crippen molar-refractivity contribution in [3.05, 3.63) is 0 Å². The van der Waals surface area contributed by atoms with Gasteiger partial charge in [-0.2, -0.15) is 0 Å². The van der Waals surface area contributed by atoms with E-state index in [1.165, 1.54) is 25.7 Å². The standard InChI is InChI=1S/C12H28N2/c1-5-9-10-11-12(13-6-2)14(7-3)8-4/h12-13H,5-11H2,1-4H3. The van der Waals surface area contributed by atoms with Crippen LogP contribution in [0.15, 0.2) is 0 Å². The third-order valence-corrected chi connectivity index (χ3v) is 2.77. The molecule has 0 rings (SSSR count). The SMILES string of the molecule is CCCCCC(NCC)N(CC)CC. The molecule has 0 aromatic heterocycles. The van der Waals surface area contributed by atoms with Crippen LogP contribution in [0.5, 0.6) is 0 Å². The molecule has 2 heteroatoms. The van der Waals surface area contributed by atoms with Crippen molar-refractivity contribution in [3.63, 3.8) is 0 Å². The van der Waals surface area contributed by atoms with Crippen LogP contribution in [-0.4, -0.2) is 30.7 Å². The number of rotatable bonds is 9. The summed E-state index contributed by atoms with van der Waals surface area (Å²) in [7, 11) is 0. The Labute approximate surface area is 90.1 Å². The normalized spacial score (nSPS) is 13.5. The molecule has 1 unspecified atom stereocenters. The van der Waals surface area contributed by atoms with Crippen molar-refractivity contribution in [2.75, 3.05) is 19.6 Å². The van der Waals surface area contributed by atoms with Crippen LogP contribution in [-0.2, 0) is 0 Å². The summed E-state index contributed by atoms with van der Waals surface area (Å²) in [6, 6.07) is 0. The molecule has 0 aromatic carbocycles. The fourth-order valence-electron chi connectivity index (χ4n) is 1.90. The van der Waals surface area contributed by atoms with Crippen LogP contribution in [0.3, 0.4) is 0 Å². The van der Waals surface area contributed by atoms with E-state index in [0.29, 0.717) is 6.17 Å². The summed E-state index contributed by atoms with van der Waals surface area (Å²) in [6.07, 6.45) is 5.93. The van der Waals surface area contributed by atoms with Crippen molar-refractivity contribution in [1.82, 2.24) is 10.2 Å². The molecule has 0 aromatic rings. The lowest BCUT2D eigenvalue weighted by molar-refractivity contribution is 0.170. The summed E-state index contributed by atoms with van der Waals surface area (Å²) in [5, 5.41) is 3.57. The Kier molecular flexibility index (Phi) is 9.42. The second kappa shape index (κ2) is 9.47. The van der Waals surface area contributed by atoms with E-state index in [-0.39, 0.29) is 0 Å². The smallest absolute Gasteiger partial charge is 0.0596 e. The van der Waals surface area contributed by atoms with Crippen LogP contribution in [0.25, 0.3) is 0 Å². The Balaban J connectivity index is 3.85. The highest BCUT2D eigenvalue weighted by molar-refractivity contribution is 4.67. The summed E-state index contributed by atoms with van der Waals surface area (Å²) < 4.78 is 0. The molecule has 0 amide bonds. The Bertz CT molecular complexity index is 111. The quantitative estimate of drug-likeness (QED) is 0.455. The molecule has 0 heterocycles. The number of hydrogen-bond donors (Lipinski definition) is 1. The Morgan fingerprint density at radius 2 is 1.64 bits per heavy atom. The van der Waals surface area contributed by atoms with E-state index < -0.39 is 0 Å². The lowest BCUT2D eigenvalue weighted by Crippen LogP contribution is -2.45. The van der Waals surface area contributed by atoms with Gasteiger partial charge in [-0.05, 0) is 26.1 Å². The summed E-state index contributed by atoms with van der Waals surface area (Å²) in [5.41, 5.74) is 0. The molecule has 0 saturated carbocycles. The van der Waals surface area contributed by atoms with E-state index >= 15 is 0 Å². The van der Waals surface area contributed by atoms with Crippen LogP contribution < -0.4 is 5.32 Å². The molecule has 0 aliphatic rings. The fraction of sp³-hybridized carbons (Fsp3) is 1.00. The minimum Gasteiger partial charge on any atom is -0.302 e. The zero-order valence-electron chi connectivity index (χ0n) is 10.5. The van der Waals surface area contributed by atoms with Crippen LogP contribution in [0.4, 0.5) is 0 Å². The second-order valence-electron chi connectivity index (χ2n) is 3.79. The predicted molar refractivity (Wildman–Crippen MR) is 64.5 cm³/mol. The van der Waals surface area contributed by atoms with Crippen molar-refractivity contribution in [2.45, 2.75) is 59.5 Å². The molecule has 0 radical (unpaired) electrons. The van der Waals surface area contributed by atoms with E-state index in [1.807, 2.05) is 0 Å². The average molecular weight is 200 g/mol. The number of hydrogen-bond acceptors (Lipinski definition) is 2.